The summed E-state index contributed by atoms with van der Waals surface area (Å²) >= 11 is 5.00. The van der Waals surface area contributed by atoms with Gasteiger partial charge in [-0.1, -0.05) is 38.4 Å². The summed E-state index contributed by atoms with van der Waals surface area (Å²) in [5, 5.41) is 0. The van der Waals surface area contributed by atoms with Crippen molar-refractivity contribution in [3.05, 3.63) is 0 Å². The van der Waals surface area contributed by atoms with Gasteiger partial charge < -0.3 is 10.6 Å². The van der Waals surface area contributed by atoms with Crippen molar-refractivity contribution in [3.8, 4) is 0 Å². The second-order valence-corrected chi connectivity index (χ2v) is 4.84. The zero-order chi connectivity index (χ0) is 10.4. The quantitative estimate of drug-likeness (QED) is 0.730. The van der Waals surface area contributed by atoms with E-state index in [4.69, 9.17) is 18.0 Å². The third-order valence-corrected chi connectivity index (χ3v) is 3.37. The van der Waals surface area contributed by atoms with E-state index in [0.29, 0.717) is 10.9 Å². The van der Waals surface area contributed by atoms with Crippen molar-refractivity contribution in [2.75, 3.05) is 19.6 Å². The van der Waals surface area contributed by atoms with Crippen LogP contribution in [0.1, 0.15) is 39.0 Å². The lowest BCUT2D eigenvalue weighted by atomic mass is 10.1. The predicted octanol–water partition coefficient (Wildman–Crippen LogP) is 2.17. The predicted molar refractivity (Wildman–Crippen MR) is 65.5 cm³/mol. The van der Waals surface area contributed by atoms with Gasteiger partial charge in [0, 0.05) is 12.5 Å². The highest BCUT2D eigenvalue weighted by Crippen LogP contribution is 2.11. The Balaban J connectivity index is 2.29. The van der Waals surface area contributed by atoms with Crippen LogP contribution in [-0.2, 0) is 0 Å². The summed E-state index contributed by atoms with van der Waals surface area (Å²) in [7, 11) is 0. The van der Waals surface area contributed by atoms with Gasteiger partial charge in [0.05, 0.1) is 4.99 Å². The maximum absolute atomic E-state index is 5.63. The van der Waals surface area contributed by atoms with Crippen LogP contribution in [0.25, 0.3) is 0 Å². The summed E-state index contributed by atoms with van der Waals surface area (Å²) in [5.74, 6) is 0.365. The molecule has 1 saturated heterocycles. The Morgan fingerprint density at radius 3 is 2.21 bits per heavy atom. The van der Waals surface area contributed by atoms with E-state index < -0.39 is 0 Å². The molecule has 82 valence electrons. The van der Waals surface area contributed by atoms with Crippen molar-refractivity contribution in [3.63, 3.8) is 0 Å². The minimum atomic E-state index is 0.365. The topological polar surface area (TPSA) is 29.3 Å². The Morgan fingerprint density at radius 2 is 1.71 bits per heavy atom. The lowest BCUT2D eigenvalue weighted by Gasteiger charge is -2.26. The number of nitrogens with two attached hydrogens (primary N) is 1. The maximum atomic E-state index is 5.63. The van der Waals surface area contributed by atoms with Gasteiger partial charge >= 0.3 is 0 Å². The molecule has 0 bridgehead atoms. The van der Waals surface area contributed by atoms with E-state index in [1.807, 2.05) is 0 Å². The molecule has 0 aromatic heterocycles. The van der Waals surface area contributed by atoms with E-state index >= 15 is 0 Å². The third kappa shape index (κ3) is 4.38. The number of hydrogen-bond acceptors (Lipinski definition) is 2. The van der Waals surface area contributed by atoms with Crippen LogP contribution in [0.15, 0.2) is 0 Å². The second-order valence-electron chi connectivity index (χ2n) is 4.37. The number of rotatable bonds is 3. The summed E-state index contributed by atoms with van der Waals surface area (Å²) < 4.78 is 0. The zero-order valence-corrected chi connectivity index (χ0v) is 9.98. The number of thiocarbonyl (C=S) groups is 1. The molecule has 1 aliphatic heterocycles. The van der Waals surface area contributed by atoms with Crippen molar-refractivity contribution in [2.24, 2.45) is 11.7 Å². The first-order valence-corrected chi connectivity index (χ1v) is 6.12. The minimum absolute atomic E-state index is 0.365. The van der Waals surface area contributed by atoms with Crippen LogP contribution in [0.3, 0.4) is 0 Å². The van der Waals surface area contributed by atoms with Crippen LogP contribution in [-0.4, -0.2) is 29.5 Å². The first-order valence-electron chi connectivity index (χ1n) is 5.72. The molecule has 1 atom stereocenters. The monoisotopic (exact) mass is 214 g/mol. The highest BCUT2D eigenvalue weighted by atomic mass is 32.1. The van der Waals surface area contributed by atoms with Crippen LogP contribution in [0.4, 0.5) is 0 Å². The molecule has 0 spiro atoms. The van der Waals surface area contributed by atoms with Crippen molar-refractivity contribution in [1.82, 2.24) is 4.90 Å². The van der Waals surface area contributed by atoms with Gasteiger partial charge in [-0.3, -0.25) is 0 Å². The molecular weight excluding hydrogens is 192 g/mol. The van der Waals surface area contributed by atoms with E-state index in [9.17, 15) is 0 Å². The average molecular weight is 214 g/mol. The van der Waals surface area contributed by atoms with Gasteiger partial charge in [-0.2, -0.15) is 0 Å². The summed E-state index contributed by atoms with van der Waals surface area (Å²) in [5.41, 5.74) is 5.63. The van der Waals surface area contributed by atoms with Crippen LogP contribution in [0.2, 0.25) is 0 Å². The Bertz CT molecular complexity index is 174. The van der Waals surface area contributed by atoms with Gasteiger partial charge in [0.25, 0.3) is 0 Å². The van der Waals surface area contributed by atoms with Gasteiger partial charge in [0.2, 0.25) is 0 Å². The Kier molecular flexibility index (Phi) is 5.41. The molecule has 0 aromatic rings. The molecule has 1 heterocycles. The molecular formula is C11H22N2S. The summed E-state index contributed by atoms with van der Waals surface area (Å²) in [6.07, 6.45) is 6.86. The summed E-state index contributed by atoms with van der Waals surface area (Å²) in [6, 6.07) is 0. The Hall–Kier alpha value is -0.150. The molecule has 1 unspecified atom stereocenters. The molecule has 1 rings (SSSR count). The molecule has 0 amide bonds. The third-order valence-electron chi connectivity index (χ3n) is 2.97. The molecule has 14 heavy (non-hydrogen) atoms. The maximum Gasteiger partial charge on any atom is 0.0768 e. The van der Waals surface area contributed by atoms with Crippen molar-refractivity contribution in [2.45, 2.75) is 39.0 Å². The number of nitrogens with zero attached hydrogens (tertiary/aromatic N) is 1. The fraction of sp³-hybridized carbons (Fsp3) is 0.909. The van der Waals surface area contributed by atoms with Crippen molar-refractivity contribution >= 4 is 17.2 Å². The number of likely N-dealkylation sites (tertiary alicyclic amines) is 1. The fourth-order valence-electron chi connectivity index (χ4n) is 1.97. The highest BCUT2D eigenvalue weighted by molar-refractivity contribution is 7.80. The molecule has 0 radical (unpaired) electrons. The van der Waals surface area contributed by atoms with E-state index in [1.54, 1.807) is 0 Å². The smallest absolute Gasteiger partial charge is 0.0768 e. The van der Waals surface area contributed by atoms with Crippen molar-refractivity contribution in [1.29, 1.82) is 0 Å². The largest absolute Gasteiger partial charge is 0.393 e. The van der Waals surface area contributed by atoms with E-state index in [1.165, 1.54) is 45.2 Å². The Morgan fingerprint density at radius 1 is 1.21 bits per heavy atom. The van der Waals surface area contributed by atoms with Crippen LogP contribution in [0.5, 0.6) is 0 Å². The van der Waals surface area contributed by atoms with E-state index in [-0.39, 0.29) is 0 Å². The van der Waals surface area contributed by atoms with E-state index in [0.717, 1.165) is 6.54 Å². The highest BCUT2D eigenvalue weighted by Gasteiger charge is 2.12. The summed E-state index contributed by atoms with van der Waals surface area (Å²) in [6.45, 7) is 5.64. The zero-order valence-electron chi connectivity index (χ0n) is 9.17. The van der Waals surface area contributed by atoms with Crippen LogP contribution >= 0.6 is 12.2 Å². The van der Waals surface area contributed by atoms with Gasteiger partial charge in [-0.05, 0) is 25.9 Å². The molecule has 2 N–H and O–H groups in total. The first-order chi connectivity index (χ1) is 6.70. The average Bonchev–Trinajstić information content (AvgIpc) is 2.08. The second kappa shape index (κ2) is 6.36. The van der Waals surface area contributed by atoms with Gasteiger partial charge in [-0.25, -0.2) is 0 Å². The lowest BCUT2D eigenvalue weighted by molar-refractivity contribution is 0.235. The Labute approximate surface area is 92.8 Å². The lowest BCUT2D eigenvalue weighted by Crippen LogP contribution is -2.35. The molecule has 0 aromatic carbocycles. The van der Waals surface area contributed by atoms with Gasteiger partial charge in [0.15, 0.2) is 0 Å². The standard InChI is InChI=1S/C11H22N2S/c1-10(11(12)14)9-13-7-5-3-2-4-6-8-13/h10H,2-9H2,1H3,(H2,12,14). The number of hydrogen-bond donors (Lipinski definition) is 1. The minimum Gasteiger partial charge on any atom is -0.393 e. The van der Waals surface area contributed by atoms with E-state index in [2.05, 4.69) is 11.8 Å². The molecule has 2 nitrogen and oxygen atoms in total. The fourth-order valence-corrected chi connectivity index (χ4v) is 2.05. The molecule has 0 aliphatic carbocycles. The molecule has 1 aliphatic rings. The SMILES string of the molecule is CC(CN1CCCCCCC1)C(N)=S. The normalized spacial score (nSPS) is 22.4. The molecule has 1 fully saturated rings. The van der Waals surface area contributed by atoms with Gasteiger partial charge in [0.1, 0.15) is 0 Å². The first kappa shape index (κ1) is 11.9. The van der Waals surface area contributed by atoms with Crippen molar-refractivity contribution < 1.29 is 0 Å². The summed E-state index contributed by atoms with van der Waals surface area (Å²) in [4.78, 5) is 3.18. The van der Waals surface area contributed by atoms with Gasteiger partial charge in [-0.15, -0.1) is 0 Å². The molecule has 0 saturated carbocycles. The van der Waals surface area contributed by atoms with Crippen LogP contribution < -0.4 is 5.73 Å². The molecule has 3 heteroatoms. The van der Waals surface area contributed by atoms with Crippen LogP contribution in [0, 0.1) is 5.92 Å².